The summed E-state index contributed by atoms with van der Waals surface area (Å²) in [5.41, 5.74) is 0. The summed E-state index contributed by atoms with van der Waals surface area (Å²) in [6.45, 7) is 3.09. The van der Waals surface area contributed by atoms with E-state index in [4.69, 9.17) is 9.47 Å². The molecule has 92 valence electrons. The first-order chi connectivity index (χ1) is 7.83. The van der Waals surface area contributed by atoms with Gasteiger partial charge in [0.1, 0.15) is 6.61 Å². The van der Waals surface area contributed by atoms with Crippen molar-refractivity contribution in [2.75, 3.05) is 13.2 Å². The van der Waals surface area contributed by atoms with E-state index in [0.717, 1.165) is 13.0 Å². The summed E-state index contributed by atoms with van der Waals surface area (Å²) in [6, 6.07) is 0. The number of rotatable bonds is 8. The Morgan fingerprint density at radius 2 is 2.06 bits per heavy atom. The average Bonchev–Trinajstić information content (AvgIpc) is 2.30. The van der Waals surface area contributed by atoms with Crippen LogP contribution in [0.25, 0.3) is 0 Å². The number of ether oxygens (including phenoxy) is 2. The summed E-state index contributed by atoms with van der Waals surface area (Å²) < 4.78 is 10.7. The lowest BCUT2D eigenvalue weighted by atomic mass is 10.1. The Kier molecular flexibility index (Phi) is 7.10. The molecule has 1 unspecified atom stereocenters. The van der Waals surface area contributed by atoms with Gasteiger partial charge in [-0.1, -0.05) is 39.0 Å². The van der Waals surface area contributed by atoms with E-state index >= 15 is 0 Å². The topological polar surface area (TPSA) is 35.5 Å². The lowest BCUT2D eigenvalue weighted by molar-refractivity contribution is -0.142. The third-order valence-corrected chi connectivity index (χ3v) is 2.61. The summed E-state index contributed by atoms with van der Waals surface area (Å²) in [7, 11) is 0. The molecule has 1 aliphatic heterocycles. The molecule has 0 radical (unpaired) electrons. The quantitative estimate of drug-likeness (QED) is 0.597. The second kappa shape index (κ2) is 8.48. The summed E-state index contributed by atoms with van der Waals surface area (Å²) >= 11 is 0. The van der Waals surface area contributed by atoms with Crippen LogP contribution in [0.15, 0.2) is 12.2 Å². The minimum Gasteiger partial charge on any atom is -0.349 e. The molecule has 0 bridgehead atoms. The fourth-order valence-corrected chi connectivity index (χ4v) is 1.64. The number of hydrogen-bond acceptors (Lipinski definition) is 3. The molecule has 0 aromatic heterocycles. The zero-order valence-electron chi connectivity index (χ0n) is 10.1. The molecule has 0 fully saturated rings. The predicted molar refractivity (Wildman–Crippen MR) is 63.2 cm³/mol. The molecule has 0 spiro atoms. The summed E-state index contributed by atoms with van der Waals surface area (Å²) in [4.78, 5) is 10.8. The van der Waals surface area contributed by atoms with Crippen molar-refractivity contribution >= 4 is 5.78 Å². The van der Waals surface area contributed by atoms with Crippen molar-refractivity contribution in [2.45, 2.75) is 51.7 Å². The molecule has 0 aromatic carbocycles. The first kappa shape index (κ1) is 13.4. The Balaban J connectivity index is 1.91. The van der Waals surface area contributed by atoms with Crippen molar-refractivity contribution in [3.63, 3.8) is 0 Å². The van der Waals surface area contributed by atoms with Gasteiger partial charge >= 0.3 is 0 Å². The van der Waals surface area contributed by atoms with Crippen LogP contribution in [0.2, 0.25) is 0 Å². The largest absolute Gasteiger partial charge is 0.349 e. The zero-order valence-corrected chi connectivity index (χ0v) is 10.1. The third kappa shape index (κ3) is 6.03. The average molecular weight is 226 g/mol. The van der Waals surface area contributed by atoms with Crippen LogP contribution in [-0.2, 0) is 14.3 Å². The maximum Gasteiger partial charge on any atom is 0.181 e. The molecule has 1 heterocycles. The van der Waals surface area contributed by atoms with Crippen LogP contribution in [0.3, 0.4) is 0 Å². The van der Waals surface area contributed by atoms with Gasteiger partial charge in [0.05, 0.1) is 6.61 Å². The summed E-state index contributed by atoms with van der Waals surface area (Å²) in [6.07, 6.45) is 10.4. The van der Waals surface area contributed by atoms with Crippen LogP contribution in [-0.4, -0.2) is 25.3 Å². The maximum absolute atomic E-state index is 10.8. The Labute approximate surface area is 97.8 Å². The number of unbranched alkanes of at least 4 members (excludes halogenated alkanes) is 5. The van der Waals surface area contributed by atoms with Crippen LogP contribution >= 0.6 is 0 Å². The first-order valence-electron chi connectivity index (χ1n) is 6.27. The third-order valence-electron chi connectivity index (χ3n) is 2.61. The zero-order chi connectivity index (χ0) is 11.6. The van der Waals surface area contributed by atoms with E-state index in [-0.39, 0.29) is 18.7 Å². The van der Waals surface area contributed by atoms with E-state index in [1.807, 2.05) is 0 Å². The monoisotopic (exact) mass is 226 g/mol. The van der Waals surface area contributed by atoms with Crippen LogP contribution in [0, 0.1) is 0 Å². The van der Waals surface area contributed by atoms with Crippen molar-refractivity contribution < 1.29 is 14.3 Å². The fraction of sp³-hybridized carbons (Fsp3) is 0.769. The minimum atomic E-state index is -0.312. The SMILES string of the molecule is CCCCCCCCOC1C=CC(=O)CO1. The smallest absolute Gasteiger partial charge is 0.181 e. The van der Waals surface area contributed by atoms with Gasteiger partial charge < -0.3 is 9.47 Å². The summed E-state index contributed by atoms with van der Waals surface area (Å²) in [5, 5.41) is 0. The summed E-state index contributed by atoms with van der Waals surface area (Å²) in [5.74, 6) is 0.0133. The molecule has 3 heteroatoms. The van der Waals surface area contributed by atoms with Crippen molar-refractivity contribution in [1.29, 1.82) is 0 Å². The molecular formula is C13H22O3. The van der Waals surface area contributed by atoms with Gasteiger partial charge in [-0.15, -0.1) is 0 Å². The number of ketones is 1. The van der Waals surface area contributed by atoms with E-state index in [1.165, 1.54) is 38.2 Å². The highest BCUT2D eigenvalue weighted by molar-refractivity contribution is 5.91. The second-order valence-electron chi connectivity index (χ2n) is 4.14. The molecule has 0 saturated heterocycles. The molecule has 0 saturated carbocycles. The standard InChI is InChI=1S/C13H22O3/c1-2-3-4-5-6-7-10-15-13-9-8-12(14)11-16-13/h8-9,13H,2-7,10-11H2,1H3. The van der Waals surface area contributed by atoms with E-state index in [9.17, 15) is 4.79 Å². The molecule has 1 atom stereocenters. The molecule has 1 rings (SSSR count). The van der Waals surface area contributed by atoms with Crippen molar-refractivity contribution in [1.82, 2.24) is 0 Å². The van der Waals surface area contributed by atoms with Crippen LogP contribution in [0.5, 0.6) is 0 Å². The molecule has 16 heavy (non-hydrogen) atoms. The van der Waals surface area contributed by atoms with Crippen LogP contribution in [0.1, 0.15) is 45.4 Å². The van der Waals surface area contributed by atoms with Gasteiger partial charge in [-0.05, 0) is 18.6 Å². The minimum absolute atomic E-state index is 0.0133. The van der Waals surface area contributed by atoms with Gasteiger partial charge in [-0.25, -0.2) is 0 Å². The highest BCUT2D eigenvalue weighted by Gasteiger charge is 2.12. The number of hydrogen-bond donors (Lipinski definition) is 0. The molecule has 0 aromatic rings. The van der Waals surface area contributed by atoms with Gasteiger partial charge in [0.25, 0.3) is 0 Å². The Hall–Kier alpha value is -0.670. The van der Waals surface area contributed by atoms with Gasteiger partial charge in [0.2, 0.25) is 0 Å². The highest BCUT2D eigenvalue weighted by Crippen LogP contribution is 2.08. The Morgan fingerprint density at radius 1 is 1.31 bits per heavy atom. The van der Waals surface area contributed by atoms with Gasteiger partial charge in [0.15, 0.2) is 12.1 Å². The number of carbonyl (C=O) groups excluding carboxylic acids is 1. The number of carbonyl (C=O) groups is 1. The van der Waals surface area contributed by atoms with Gasteiger partial charge in [-0.3, -0.25) is 4.79 Å². The lowest BCUT2D eigenvalue weighted by Gasteiger charge is -2.17. The lowest BCUT2D eigenvalue weighted by Crippen LogP contribution is -2.23. The molecular weight excluding hydrogens is 204 g/mol. The normalized spacial score (nSPS) is 20.3. The molecule has 1 aliphatic rings. The highest BCUT2D eigenvalue weighted by atomic mass is 16.7. The van der Waals surface area contributed by atoms with E-state index in [0.29, 0.717) is 0 Å². The Bertz CT molecular complexity index is 223. The van der Waals surface area contributed by atoms with Crippen molar-refractivity contribution in [3.8, 4) is 0 Å². The van der Waals surface area contributed by atoms with E-state index in [2.05, 4.69) is 6.92 Å². The predicted octanol–water partition coefficient (Wildman–Crippen LogP) is 2.85. The van der Waals surface area contributed by atoms with Crippen LogP contribution < -0.4 is 0 Å². The second-order valence-corrected chi connectivity index (χ2v) is 4.14. The molecule has 0 N–H and O–H groups in total. The van der Waals surface area contributed by atoms with Crippen molar-refractivity contribution in [3.05, 3.63) is 12.2 Å². The fourth-order valence-electron chi connectivity index (χ4n) is 1.64. The van der Waals surface area contributed by atoms with Gasteiger partial charge in [-0.2, -0.15) is 0 Å². The maximum atomic E-state index is 10.8. The molecule has 3 nitrogen and oxygen atoms in total. The Morgan fingerprint density at radius 3 is 2.75 bits per heavy atom. The van der Waals surface area contributed by atoms with E-state index in [1.54, 1.807) is 6.08 Å². The molecule has 0 aliphatic carbocycles. The van der Waals surface area contributed by atoms with Gasteiger partial charge in [0, 0.05) is 0 Å². The van der Waals surface area contributed by atoms with Crippen molar-refractivity contribution in [2.24, 2.45) is 0 Å². The van der Waals surface area contributed by atoms with Crippen LogP contribution in [0.4, 0.5) is 0 Å². The van der Waals surface area contributed by atoms with E-state index < -0.39 is 0 Å². The molecule has 0 amide bonds. The first-order valence-corrected chi connectivity index (χ1v) is 6.27.